The minimum Gasteiger partial charge on any atom is -0.455 e. The first kappa shape index (κ1) is 18.6. The fourth-order valence-corrected chi connectivity index (χ4v) is 3.61. The van der Waals surface area contributed by atoms with Gasteiger partial charge >= 0.3 is 5.97 Å². The number of esters is 1. The normalized spacial score (nSPS) is 19.5. The van der Waals surface area contributed by atoms with Gasteiger partial charge in [-0.1, -0.05) is 19.3 Å². The Balaban J connectivity index is 1.40. The molecular formula is C19H28N4O3. The van der Waals surface area contributed by atoms with Gasteiger partial charge < -0.3 is 14.5 Å². The maximum Gasteiger partial charge on any atom is 0.309 e. The molecule has 0 aliphatic carbocycles. The summed E-state index contributed by atoms with van der Waals surface area (Å²) in [4.78, 5) is 37.0. The molecule has 26 heavy (non-hydrogen) atoms. The average molecular weight is 360 g/mol. The third-order valence-electron chi connectivity index (χ3n) is 5.21. The summed E-state index contributed by atoms with van der Waals surface area (Å²) in [7, 11) is 0. The number of hydrogen-bond donors (Lipinski definition) is 0. The Bertz CT molecular complexity index is 580. The van der Waals surface area contributed by atoms with Crippen LogP contribution < -0.4 is 4.90 Å². The predicted octanol–water partition coefficient (Wildman–Crippen LogP) is 2.03. The molecular weight excluding hydrogens is 332 g/mol. The van der Waals surface area contributed by atoms with Gasteiger partial charge in [0.05, 0.1) is 5.92 Å². The van der Waals surface area contributed by atoms with Gasteiger partial charge in [0.15, 0.2) is 6.61 Å². The zero-order valence-electron chi connectivity index (χ0n) is 15.3. The molecule has 0 unspecified atom stereocenters. The van der Waals surface area contributed by atoms with Crippen LogP contribution >= 0.6 is 0 Å². The number of aromatic nitrogens is 2. The van der Waals surface area contributed by atoms with Crippen molar-refractivity contribution in [1.82, 2.24) is 14.9 Å². The van der Waals surface area contributed by atoms with Gasteiger partial charge in [0.1, 0.15) is 0 Å². The smallest absolute Gasteiger partial charge is 0.309 e. The molecule has 2 saturated heterocycles. The standard InChI is InChI=1S/C19H28N4O3/c24-17(22-11-4-2-1-3-5-12-22)15-26-18(25)16-7-13-23(14-8-16)19-20-9-6-10-21-19/h6,9-10,16H,1-5,7-8,11-15H2. The van der Waals surface area contributed by atoms with E-state index in [1.807, 2.05) is 4.90 Å². The minimum absolute atomic E-state index is 0.0598. The molecule has 0 saturated carbocycles. The first-order chi connectivity index (χ1) is 12.7. The molecule has 0 spiro atoms. The van der Waals surface area contributed by atoms with Crippen molar-refractivity contribution in [3.63, 3.8) is 0 Å². The molecule has 0 radical (unpaired) electrons. The van der Waals surface area contributed by atoms with Crippen LogP contribution in [0, 0.1) is 5.92 Å². The second kappa shape index (κ2) is 9.50. The van der Waals surface area contributed by atoms with Crippen LogP contribution in [0.5, 0.6) is 0 Å². The number of anilines is 1. The minimum atomic E-state index is -0.251. The molecule has 7 nitrogen and oxygen atoms in total. The maximum atomic E-state index is 12.3. The molecule has 142 valence electrons. The Morgan fingerprint density at radius 3 is 2.23 bits per heavy atom. The lowest BCUT2D eigenvalue weighted by Crippen LogP contribution is -2.40. The third kappa shape index (κ3) is 5.16. The van der Waals surface area contributed by atoms with Gasteiger partial charge in [0.25, 0.3) is 5.91 Å². The van der Waals surface area contributed by atoms with Gasteiger partial charge in [-0.15, -0.1) is 0 Å². The van der Waals surface area contributed by atoms with Gasteiger partial charge in [-0.2, -0.15) is 0 Å². The highest BCUT2D eigenvalue weighted by Gasteiger charge is 2.28. The number of piperidine rings is 1. The third-order valence-corrected chi connectivity index (χ3v) is 5.21. The van der Waals surface area contributed by atoms with Crippen molar-refractivity contribution in [3.05, 3.63) is 18.5 Å². The largest absolute Gasteiger partial charge is 0.455 e. The fraction of sp³-hybridized carbons (Fsp3) is 0.684. The summed E-state index contributed by atoms with van der Waals surface area (Å²) in [6.07, 6.45) is 10.5. The summed E-state index contributed by atoms with van der Waals surface area (Å²) in [6, 6.07) is 1.79. The van der Waals surface area contributed by atoms with Crippen LogP contribution in [0.4, 0.5) is 5.95 Å². The summed E-state index contributed by atoms with van der Waals surface area (Å²) < 4.78 is 5.33. The fourth-order valence-electron chi connectivity index (χ4n) is 3.61. The van der Waals surface area contributed by atoms with E-state index >= 15 is 0 Å². The molecule has 1 aromatic rings. The van der Waals surface area contributed by atoms with Crippen molar-refractivity contribution in [1.29, 1.82) is 0 Å². The summed E-state index contributed by atoms with van der Waals surface area (Å²) in [5.41, 5.74) is 0. The molecule has 0 atom stereocenters. The average Bonchev–Trinajstić information content (AvgIpc) is 2.66. The molecule has 2 aliphatic rings. The number of likely N-dealkylation sites (tertiary alicyclic amines) is 1. The van der Waals surface area contributed by atoms with E-state index in [0.717, 1.165) is 39.0 Å². The molecule has 2 fully saturated rings. The topological polar surface area (TPSA) is 75.6 Å². The quantitative estimate of drug-likeness (QED) is 0.765. The van der Waals surface area contributed by atoms with E-state index in [0.29, 0.717) is 18.8 Å². The Kier molecular flexibility index (Phi) is 6.80. The lowest BCUT2D eigenvalue weighted by atomic mass is 9.97. The van der Waals surface area contributed by atoms with Crippen molar-refractivity contribution in [2.24, 2.45) is 5.92 Å². The van der Waals surface area contributed by atoms with E-state index < -0.39 is 0 Å². The lowest BCUT2D eigenvalue weighted by molar-refractivity contribution is -0.156. The number of hydrogen-bond acceptors (Lipinski definition) is 6. The molecule has 1 aromatic heterocycles. The Labute approximate surface area is 154 Å². The van der Waals surface area contributed by atoms with Gasteiger partial charge in [-0.25, -0.2) is 9.97 Å². The van der Waals surface area contributed by atoms with Crippen molar-refractivity contribution < 1.29 is 14.3 Å². The molecule has 1 amide bonds. The first-order valence-electron chi connectivity index (χ1n) is 9.70. The predicted molar refractivity (Wildman–Crippen MR) is 97.6 cm³/mol. The van der Waals surface area contributed by atoms with Crippen molar-refractivity contribution in [3.8, 4) is 0 Å². The molecule has 0 bridgehead atoms. The Morgan fingerprint density at radius 1 is 0.962 bits per heavy atom. The summed E-state index contributed by atoms with van der Waals surface area (Å²) >= 11 is 0. The highest BCUT2D eigenvalue weighted by atomic mass is 16.5. The van der Waals surface area contributed by atoms with Crippen LogP contribution in [0.25, 0.3) is 0 Å². The van der Waals surface area contributed by atoms with E-state index in [4.69, 9.17) is 4.74 Å². The van der Waals surface area contributed by atoms with Crippen molar-refractivity contribution in [2.45, 2.75) is 44.9 Å². The van der Waals surface area contributed by atoms with Gasteiger partial charge in [0, 0.05) is 38.6 Å². The van der Waals surface area contributed by atoms with Crippen LogP contribution in [0.3, 0.4) is 0 Å². The number of amides is 1. The number of nitrogens with zero attached hydrogens (tertiary/aromatic N) is 4. The molecule has 3 rings (SSSR count). The summed E-state index contributed by atoms with van der Waals surface area (Å²) in [6.45, 7) is 2.90. The van der Waals surface area contributed by atoms with Crippen LogP contribution in [-0.2, 0) is 14.3 Å². The van der Waals surface area contributed by atoms with E-state index in [1.54, 1.807) is 18.5 Å². The van der Waals surface area contributed by atoms with Crippen molar-refractivity contribution in [2.75, 3.05) is 37.7 Å². The van der Waals surface area contributed by atoms with Crippen LogP contribution in [0.2, 0.25) is 0 Å². The first-order valence-corrected chi connectivity index (χ1v) is 9.70. The monoisotopic (exact) mass is 360 g/mol. The SMILES string of the molecule is O=C(OCC(=O)N1CCCCCCC1)C1CCN(c2ncccn2)CC1. The molecule has 2 aliphatic heterocycles. The number of rotatable bonds is 4. The summed E-state index contributed by atoms with van der Waals surface area (Å²) in [5, 5.41) is 0. The van der Waals surface area contributed by atoms with Crippen LogP contribution in [0.1, 0.15) is 44.9 Å². The zero-order chi connectivity index (χ0) is 18.2. The van der Waals surface area contributed by atoms with Gasteiger partial charge in [-0.3, -0.25) is 9.59 Å². The molecule has 0 aromatic carbocycles. The van der Waals surface area contributed by atoms with E-state index in [9.17, 15) is 9.59 Å². The number of carbonyl (C=O) groups excluding carboxylic acids is 2. The lowest BCUT2D eigenvalue weighted by Gasteiger charge is -2.31. The maximum absolute atomic E-state index is 12.3. The Hall–Kier alpha value is -2.18. The van der Waals surface area contributed by atoms with E-state index in [-0.39, 0.29) is 24.4 Å². The van der Waals surface area contributed by atoms with E-state index in [1.165, 1.54) is 19.3 Å². The molecule has 3 heterocycles. The second-order valence-electron chi connectivity index (χ2n) is 7.07. The van der Waals surface area contributed by atoms with Crippen LogP contribution in [0.15, 0.2) is 18.5 Å². The van der Waals surface area contributed by atoms with Crippen molar-refractivity contribution >= 4 is 17.8 Å². The number of ether oxygens (including phenoxy) is 1. The molecule has 7 heteroatoms. The summed E-state index contributed by atoms with van der Waals surface area (Å²) in [5.74, 6) is 0.246. The van der Waals surface area contributed by atoms with E-state index in [2.05, 4.69) is 14.9 Å². The van der Waals surface area contributed by atoms with Gasteiger partial charge in [0.2, 0.25) is 5.95 Å². The number of carbonyl (C=O) groups is 2. The highest BCUT2D eigenvalue weighted by Crippen LogP contribution is 2.21. The second-order valence-corrected chi connectivity index (χ2v) is 7.07. The highest BCUT2D eigenvalue weighted by molar-refractivity contribution is 5.81. The van der Waals surface area contributed by atoms with Gasteiger partial charge in [-0.05, 0) is 31.7 Å². The zero-order valence-corrected chi connectivity index (χ0v) is 15.3. The Morgan fingerprint density at radius 2 is 1.58 bits per heavy atom. The van der Waals surface area contributed by atoms with Crippen LogP contribution in [-0.4, -0.2) is 59.5 Å². The molecule has 0 N–H and O–H groups in total.